The Balaban J connectivity index is 1.40. The molecular formula is C20H20F2N6. The Bertz CT molecular complexity index is 909. The number of rotatable bonds is 5. The zero-order chi connectivity index (χ0) is 19.3. The maximum atomic E-state index is 13.8. The van der Waals surface area contributed by atoms with Gasteiger partial charge in [0.05, 0.1) is 6.20 Å². The molecule has 0 amide bonds. The van der Waals surface area contributed by atoms with E-state index in [1.165, 1.54) is 30.0 Å². The molecule has 0 aliphatic carbocycles. The van der Waals surface area contributed by atoms with Crippen molar-refractivity contribution in [1.29, 1.82) is 0 Å². The summed E-state index contributed by atoms with van der Waals surface area (Å²) in [5, 5.41) is 10.7. The van der Waals surface area contributed by atoms with Gasteiger partial charge in [-0.05, 0) is 17.7 Å². The first-order valence-corrected chi connectivity index (χ1v) is 9.11. The van der Waals surface area contributed by atoms with Gasteiger partial charge in [0.25, 0.3) is 0 Å². The quantitative estimate of drug-likeness (QED) is 0.731. The van der Waals surface area contributed by atoms with Crippen LogP contribution in [0.15, 0.2) is 54.7 Å². The Morgan fingerprint density at radius 3 is 2.32 bits per heavy atom. The highest BCUT2D eigenvalue weighted by molar-refractivity contribution is 5.57. The molecule has 1 fully saturated rings. The van der Waals surface area contributed by atoms with E-state index in [0.717, 1.165) is 32.7 Å². The molecule has 1 aromatic heterocycles. The van der Waals surface area contributed by atoms with Crippen LogP contribution >= 0.6 is 0 Å². The minimum Gasteiger partial charge on any atom is -0.337 e. The molecule has 2 heterocycles. The summed E-state index contributed by atoms with van der Waals surface area (Å²) in [6.07, 6.45) is 1.35. The number of hydrogen-bond donors (Lipinski definition) is 1. The molecule has 2 aromatic carbocycles. The van der Waals surface area contributed by atoms with Gasteiger partial charge in [-0.15, -0.1) is 5.10 Å². The summed E-state index contributed by atoms with van der Waals surface area (Å²) in [6.45, 7) is 4.16. The van der Waals surface area contributed by atoms with Crippen LogP contribution in [0, 0.1) is 11.6 Å². The molecule has 3 aromatic rings. The first kappa shape index (κ1) is 18.2. The summed E-state index contributed by atoms with van der Waals surface area (Å²) < 4.78 is 27.7. The Kier molecular flexibility index (Phi) is 5.38. The number of halogens is 2. The summed E-state index contributed by atoms with van der Waals surface area (Å²) in [5.74, 6) is -0.675. The average molecular weight is 382 g/mol. The van der Waals surface area contributed by atoms with Crippen molar-refractivity contribution in [3.8, 4) is 0 Å². The highest BCUT2D eigenvalue weighted by Gasteiger charge is 2.20. The third-order valence-corrected chi connectivity index (χ3v) is 4.67. The van der Waals surface area contributed by atoms with Crippen LogP contribution in [0.3, 0.4) is 0 Å². The van der Waals surface area contributed by atoms with E-state index in [0.29, 0.717) is 5.95 Å². The second kappa shape index (κ2) is 8.26. The van der Waals surface area contributed by atoms with Gasteiger partial charge < -0.3 is 10.2 Å². The molecule has 0 saturated carbocycles. The number of nitrogens with zero attached hydrogens (tertiary/aromatic N) is 5. The molecule has 28 heavy (non-hydrogen) atoms. The monoisotopic (exact) mass is 382 g/mol. The zero-order valence-electron chi connectivity index (χ0n) is 15.2. The molecule has 0 unspecified atom stereocenters. The number of anilines is 3. The predicted molar refractivity (Wildman–Crippen MR) is 103 cm³/mol. The Labute approximate surface area is 161 Å². The number of piperazine rings is 1. The SMILES string of the molecule is Fc1cccc(F)c1Nc1cnnc(N2CCN(Cc3ccccc3)CC2)n1. The number of hydrogen-bond acceptors (Lipinski definition) is 6. The topological polar surface area (TPSA) is 57.2 Å². The van der Waals surface area contributed by atoms with Gasteiger partial charge in [-0.3, -0.25) is 4.90 Å². The van der Waals surface area contributed by atoms with Gasteiger partial charge >= 0.3 is 0 Å². The van der Waals surface area contributed by atoms with Gasteiger partial charge in [0.1, 0.15) is 17.3 Å². The lowest BCUT2D eigenvalue weighted by atomic mass is 10.2. The summed E-state index contributed by atoms with van der Waals surface area (Å²) >= 11 is 0. The van der Waals surface area contributed by atoms with E-state index in [2.05, 4.69) is 37.5 Å². The number of para-hydroxylation sites is 1. The van der Waals surface area contributed by atoms with Crippen molar-refractivity contribution in [2.75, 3.05) is 36.4 Å². The van der Waals surface area contributed by atoms with E-state index in [4.69, 9.17) is 0 Å². The van der Waals surface area contributed by atoms with Crippen LogP contribution in [-0.4, -0.2) is 46.3 Å². The molecule has 6 nitrogen and oxygen atoms in total. The van der Waals surface area contributed by atoms with Crippen LogP contribution < -0.4 is 10.2 Å². The second-order valence-electron chi connectivity index (χ2n) is 6.61. The lowest BCUT2D eigenvalue weighted by Gasteiger charge is -2.34. The summed E-state index contributed by atoms with van der Waals surface area (Å²) in [6, 6.07) is 14.0. The third-order valence-electron chi connectivity index (χ3n) is 4.67. The summed E-state index contributed by atoms with van der Waals surface area (Å²) in [5.41, 5.74) is 1.04. The molecule has 1 aliphatic heterocycles. The molecule has 1 N–H and O–H groups in total. The fraction of sp³-hybridized carbons (Fsp3) is 0.250. The van der Waals surface area contributed by atoms with Gasteiger partial charge in [0, 0.05) is 32.7 Å². The van der Waals surface area contributed by atoms with E-state index in [9.17, 15) is 8.78 Å². The summed E-state index contributed by atoms with van der Waals surface area (Å²) in [7, 11) is 0. The first-order valence-electron chi connectivity index (χ1n) is 9.11. The van der Waals surface area contributed by atoms with Crippen LogP contribution in [0.1, 0.15) is 5.56 Å². The highest BCUT2D eigenvalue weighted by Crippen LogP contribution is 2.22. The van der Waals surface area contributed by atoms with Crippen molar-refractivity contribution < 1.29 is 8.78 Å². The van der Waals surface area contributed by atoms with Crippen molar-refractivity contribution in [3.05, 3.63) is 71.9 Å². The zero-order valence-corrected chi connectivity index (χ0v) is 15.2. The van der Waals surface area contributed by atoms with Gasteiger partial charge in [0.15, 0.2) is 5.82 Å². The molecule has 1 saturated heterocycles. The molecule has 0 bridgehead atoms. The van der Waals surface area contributed by atoms with Crippen LogP contribution in [0.5, 0.6) is 0 Å². The molecule has 1 aliphatic rings. The summed E-state index contributed by atoms with van der Waals surface area (Å²) in [4.78, 5) is 8.77. The number of aromatic nitrogens is 3. The standard InChI is InChI=1S/C20H20F2N6/c21-16-7-4-8-17(22)19(16)24-18-13-23-26-20(25-18)28-11-9-27(10-12-28)14-15-5-2-1-3-6-15/h1-8,13H,9-12,14H2,(H,24,25,26). The molecule has 0 radical (unpaired) electrons. The molecule has 8 heteroatoms. The molecule has 144 valence electrons. The van der Waals surface area contributed by atoms with Gasteiger partial charge in [0.2, 0.25) is 5.95 Å². The van der Waals surface area contributed by atoms with Gasteiger partial charge in [-0.25, -0.2) is 8.78 Å². The molecular weight excluding hydrogens is 362 g/mol. The maximum absolute atomic E-state index is 13.8. The second-order valence-corrected chi connectivity index (χ2v) is 6.61. The van der Waals surface area contributed by atoms with Gasteiger partial charge in [-0.2, -0.15) is 10.1 Å². The fourth-order valence-corrected chi connectivity index (χ4v) is 3.18. The molecule has 0 spiro atoms. The Morgan fingerprint density at radius 1 is 0.893 bits per heavy atom. The average Bonchev–Trinajstić information content (AvgIpc) is 2.72. The number of benzene rings is 2. The molecule has 4 rings (SSSR count). The minimum absolute atomic E-state index is 0.248. The first-order chi connectivity index (χ1) is 13.7. The largest absolute Gasteiger partial charge is 0.337 e. The van der Waals surface area contributed by atoms with Crippen LogP contribution in [0.4, 0.5) is 26.2 Å². The van der Waals surface area contributed by atoms with E-state index in [-0.39, 0.29) is 11.5 Å². The van der Waals surface area contributed by atoms with Crippen molar-refractivity contribution >= 4 is 17.5 Å². The molecule has 0 atom stereocenters. The smallest absolute Gasteiger partial charge is 0.247 e. The van der Waals surface area contributed by atoms with Crippen LogP contribution in [0.25, 0.3) is 0 Å². The maximum Gasteiger partial charge on any atom is 0.247 e. The van der Waals surface area contributed by atoms with E-state index < -0.39 is 11.6 Å². The highest BCUT2D eigenvalue weighted by atomic mass is 19.1. The Hall–Kier alpha value is -3.13. The van der Waals surface area contributed by atoms with E-state index in [1.54, 1.807) is 0 Å². The van der Waals surface area contributed by atoms with E-state index >= 15 is 0 Å². The van der Waals surface area contributed by atoms with Crippen molar-refractivity contribution in [2.45, 2.75) is 6.54 Å². The fourth-order valence-electron chi connectivity index (χ4n) is 3.18. The normalized spacial score (nSPS) is 14.9. The van der Waals surface area contributed by atoms with Crippen LogP contribution in [-0.2, 0) is 6.54 Å². The van der Waals surface area contributed by atoms with Crippen molar-refractivity contribution in [2.24, 2.45) is 0 Å². The minimum atomic E-state index is -0.685. The Morgan fingerprint density at radius 2 is 1.61 bits per heavy atom. The lowest BCUT2D eigenvalue weighted by Crippen LogP contribution is -2.46. The van der Waals surface area contributed by atoms with Gasteiger partial charge in [-0.1, -0.05) is 36.4 Å². The van der Waals surface area contributed by atoms with Crippen LogP contribution in [0.2, 0.25) is 0 Å². The third kappa shape index (κ3) is 4.23. The van der Waals surface area contributed by atoms with Crippen molar-refractivity contribution in [1.82, 2.24) is 20.1 Å². The lowest BCUT2D eigenvalue weighted by molar-refractivity contribution is 0.248. The predicted octanol–water partition coefficient (Wildman–Crippen LogP) is 3.22. The van der Waals surface area contributed by atoms with Crippen molar-refractivity contribution in [3.63, 3.8) is 0 Å². The van der Waals surface area contributed by atoms with E-state index in [1.807, 2.05) is 23.1 Å². The number of nitrogens with one attached hydrogen (secondary N) is 1.